The summed E-state index contributed by atoms with van der Waals surface area (Å²) in [7, 11) is -1.57. The topological polar surface area (TPSA) is 57.5 Å². The zero-order valence-corrected chi connectivity index (χ0v) is 6.61. The van der Waals surface area contributed by atoms with Crippen molar-refractivity contribution < 1.29 is 14.8 Å². The highest BCUT2D eigenvalue weighted by molar-refractivity contribution is 6.53. The molecule has 0 heterocycles. The molecule has 0 unspecified atom stereocenters. The number of hydrogen-bond acceptors (Lipinski definition) is 3. The van der Waals surface area contributed by atoms with Crippen LogP contribution in [0.2, 0.25) is 0 Å². The first-order valence-corrected chi connectivity index (χ1v) is 3.31. The van der Waals surface area contributed by atoms with Crippen LogP contribution in [-0.2, 0) is 4.79 Å². The summed E-state index contributed by atoms with van der Waals surface area (Å²) < 4.78 is 0. The molecular formula is C7H11BO3. The Labute approximate surface area is 66.2 Å². The van der Waals surface area contributed by atoms with Gasteiger partial charge in [0.05, 0.1) is 0 Å². The predicted molar refractivity (Wildman–Crippen MR) is 43.8 cm³/mol. The van der Waals surface area contributed by atoms with Crippen molar-refractivity contribution in [2.24, 2.45) is 0 Å². The molecule has 0 atom stereocenters. The van der Waals surface area contributed by atoms with E-state index >= 15 is 0 Å². The van der Waals surface area contributed by atoms with Crippen molar-refractivity contribution in [2.45, 2.75) is 13.8 Å². The first-order valence-electron chi connectivity index (χ1n) is 3.31. The first kappa shape index (κ1) is 10.1. The maximum absolute atomic E-state index is 10.3. The van der Waals surface area contributed by atoms with Crippen LogP contribution in [0, 0.1) is 0 Å². The van der Waals surface area contributed by atoms with Crippen LogP contribution in [0.3, 0.4) is 0 Å². The lowest BCUT2D eigenvalue weighted by molar-refractivity contribution is -0.104. The van der Waals surface area contributed by atoms with E-state index in [2.05, 4.69) is 0 Å². The van der Waals surface area contributed by atoms with Crippen LogP contribution in [0.25, 0.3) is 0 Å². The second kappa shape index (κ2) is 4.88. The minimum Gasteiger partial charge on any atom is -0.423 e. The molecule has 0 rings (SSSR count). The number of carbonyl (C=O) groups excluding carboxylic acids is 1. The summed E-state index contributed by atoms with van der Waals surface area (Å²) in [5, 5.41) is 17.5. The van der Waals surface area contributed by atoms with E-state index < -0.39 is 7.12 Å². The Morgan fingerprint density at radius 2 is 1.82 bits per heavy atom. The van der Waals surface area contributed by atoms with Crippen molar-refractivity contribution >= 4 is 13.4 Å². The smallest absolute Gasteiger partial charge is 0.423 e. The molecule has 0 fully saturated rings. The van der Waals surface area contributed by atoms with Gasteiger partial charge >= 0.3 is 7.12 Å². The summed E-state index contributed by atoms with van der Waals surface area (Å²) in [5.41, 5.74) is 0.546. The van der Waals surface area contributed by atoms with Gasteiger partial charge in [0.2, 0.25) is 0 Å². The summed E-state index contributed by atoms with van der Waals surface area (Å²) in [6.07, 6.45) is 3.62. The highest BCUT2D eigenvalue weighted by atomic mass is 16.4. The molecule has 2 N–H and O–H groups in total. The van der Waals surface area contributed by atoms with Crippen LogP contribution < -0.4 is 0 Å². The lowest BCUT2D eigenvalue weighted by Crippen LogP contribution is -2.17. The molecule has 0 amide bonds. The van der Waals surface area contributed by atoms with Gasteiger partial charge in [0, 0.05) is 5.57 Å². The third-order valence-electron chi connectivity index (χ3n) is 1.36. The van der Waals surface area contributed by atoms with E-state index in [9.17, 15) is 4.79 Å². The Morgan fingerprint density at radius 3 is 1.91 bits per heavy atom. The van der Waals surface area contributed by atoms with Crippen LogP contribution >= 0.6 is 0 Å². The molecule has 0 aromatic rings. The molecule has 0 radical (unpaired) electrons. The molecular weight excluding hydrogens is 143 g/mol. The summed E-state index contributed by atoms with van der Waals surface area (Å²) >= 11 is 0. The highest BCUT2D eigenvalue weighted by Crippen LogP contribution is 2.07. The van der Waals surface area contributed by atoms with E-state index in [1.165, 1.54) is 12.2 Å². The fourth-order valence-electron chi connectivity index (χ4n) is 0.768. The Hall–Kier alpha value is -0.865. The van der Waals surface area contributed by atoms with Crippen molar-refractivity contribution in [3.05, 3.63) is 23.2 Å². The van der Waals surface area contributed by atoms with Crippen LogP contribution in [0.4, 0.5) is 0 Å². The van der Waals surface area contributed by atoms with E-state index in [0.29, 0.717) is 11.9 Å². The van der Waals surface area contributed by atoms with Gasteiger partial charge < -0.3 is 10.0 Å². The standard InChI is InChI=1S/C7H11BO3/c1-3-6(5-9)7(4-2)8(10)11/h3-5,10-11H,1-2H3. The molecule has 0 aromatic carbocycles. The van der Waals surface area contributed by atoms with Crippen molar-refractivity contribution in [3.8, 4) is 0 Å². The molecule has 4 heteroatoms. The van der Waals surface area contributed by atoms with Crippen molar-refractivity contribution in [1.29, 1.82) is 0 Å². The Morgan fingerprint density at radius 1 is 1.27 bits per heavy atom. The third kappa shape index (κ3) is 2.70. The molecule has 60 valence electrons. The molecule has 0 aromatic heterocycles. The lowest BCUT2D eigenvalue weighted by Gasteiger charge is -2.02. The number of allylic oxidation sites excluding steroid dienone is 4. The maximum atomic E-state index is 10.3. The fraction of sp³-hybridized carbons (Fsp3) is 0.286. The predicted octanol–water partition coefficient (Wildman–Crippen LogP) is 0.0899. The fourth-order valence-corrected chi connectivity index (χ4v) is 0.768. The zero-order valence-electron chi connectivity index (χ0n) is 6.61. The molecule has 0 bridgehead atoms. The number of aldehydes is 1. The van der Waals surface area contributed by atoms with Crippen molar-refractivity contribution in [3.63, 3.8) is 0 Å². The molecule has 0 saturated carbocycles. The molecule has 0 spiro atoms. The van der Waals surface area contributed by atoms with Gasteiger partial charge in [-0.2, -0.15) is 0 Å². The monoisotopic (exact) mass is 154 g/mol. The minimum atomic E-state index is -1.57. The molecule has 3 nitrogen and oxygen atoms in total. The van der Waals surface area contributed by atoms with E-state index in [-0.39, 0.29) is 5.47 Å². The Kier molecular flexibility index (Phi) is 4.49. The molecule has 0 aliphatic heterocycles. The summed E-state index contributed by atoms with van der Waals surface area (Å²) in [5.74, 6) is 0. The zero-order chi connectivity index (χ0) is 8.85. The largest absolute Gasteiger partial charge is 0.488 e. The quantitative estimate of drug-likeness (QED) is 0.262. The van der Waals surface area contributed by atoms with E-state index in [0.717, 1.165) is 0 Å². The van der Waals surface area contributed by atoms with E-state index in [1.54, 1.807) is 13.8 Å². The third-order valence-corrected chi connectivity index (χ3v) is 1.36. The van der Waals surface area contributed by atoms with Gasteiger partial charge in [0.1, 0.15) is 6.29 Å². The summed E-state index contributed by atoms with van der Waals surface area (Å²) in [6.45, 7) is 3.30. The van der Waals surface area contributed by atoms with Crippen LogP contribution in [0.5, 0.6) is 0 Å². The second-order valence-corrected chi connectivity index (χ2v) is 1.98. The number of hydrogen-bond donors (Lipinski definition) is 2. The van der Waals surface area contributed by atoms with Crippen LogP contribution in [0.15, 0.2) is 23.2 Å². The average Bonchev–Trinajstić information content (AvgIpc) is 1.99. The minimum absolute atomic E-state index is 0.238. The van der Waals surface area contributed by atoms with Gasteiger partial charge in [-0.1, -0.05) is 12.2 Å². The van der Waals surface area contributed by atoms with Crippen molar-refractivity contribution in [1.82, 2.24) is 0 Å². The SMILES string of the molecule is CC=C(C=O)C(=CC)B(O)O. The highest BCUT2D eigenvalue weighted by Gasteiger charge is 2.16. The molecule has 0 aliphatic rings. The lowest BCUT2D eigenvalue weighted by atomic mass is 9.75. The molecule has 11 heavy (non-hydrogen) atoms. The van der Waals surface area contributed by atoms with E-state index in [1.807, 2.05) is 0 Å². The first-order chi connectivity index (χ1) is 5.17. The van der Waals surface area contributed by atoms with Crippen molar-refractivity contribution in [2.75, 3.05) is 0 Å². The van der Waals surface area contributed by atoms with Crippen LogP contribution in [0.1, 0.15) is 13.8 Å². The summed E-state index contributed by atoms with van der Waals surface area (Å²) in [6, 6.07) is 0. The van der Waals surface area contributed by atoms with Gasteiger partial charge in [-0.15, -0.1) is 0 Å². The van der Waals surface area contributed by atoms with E-state index in [4.69, 9.17) is 10.0 Å². The maximum Gasteiger partial charge on any atom is 0.488 e. The number of carbonyl (C=O) groups is 1. The van der Waals surface area contributed by atoms with Gasteiger partial charge in [0.25, 0.3) is 0 Å². The normalized spacial score (nSPS) is 13.1. The molecule has 0 saturated heterocycles. The van der Waals surface area contributed by atoms with Gasteiger partial charge in [0.15, 0.2) is 0 Å². The van der Waals surface area contributed by atoms with Crippen LogP contribution in [-0.4, -0.2) is 23.5 Å². The average molecular weight is 154 g/mol. The Balaban J connectivity index is 4.64. The Bertz CT molecular complexity index is 194. The van der Waals surface area contributed by atoms with Gasteiger partial charge in [-0.25, -0.2) is 0 Å². The summed E-state index contributed by atoms with van der Waals surface area (Å²) in [4.78, 5) is 10.3. The number of rotatable bonds is 3. The second-order valence-electron chi connectivity index (χ2n) is 1.98. The van der Waals surface area contributed by atoms with Gasteiger partial charge in [-0.3, -0.25) is 4.79 Å². The molecule has 0 aliphatic carbocycles. The van der Waals surface area contributed by atoms with Gasteiger partial charge in [-0.05, 0) is 19.3 Å².